The number of hydrogen-bond acceptors (Lipinski definition) is 5. The van der Waals surface area contributed by atoms with Gasteiger partial charge in [0.15, 0.2) is 0 Å². The highest BCUT2D eigenvalue weighted by Gasteiger charge is 2.28. The minimum atomic E-state index is -3.50. The second-order valence-electron chi connectivity index (χ2n) is 8.37. The maximum absolute atomic E-state index is 12.9. The molecule has 1 N–H and O–H groups in total. The van der Waals surface area contributed by atoms with E-state index in [9.17, 15) is 13.2 Å². The molecule has 1 saturated heterocycles. The zero-order valence-corrected chi connectivity index (χ0v) is 19.9. The van der Waals surface area contributed by atoms with Crippen LogP contribution in [-0.4, -0.2) is 49.5 Å². The summed E-state index contributed by atoms with van der Waals surface area (Å²) in [6.07, 6.45) is 6.14. The van der Waals surface area contributed by atoms with E-state index in [0.29, 0.717) is 48.7 Å². The number of aryl methyl sites for hydroxylation is 1. The molecular weight excluding hydrogens is 434 g/mol. The van der Waals surface area contributed by atoms with Crippen LogP contribution in [0.4, 0.5) is 0 Å². The molecule has 0 bridgehead atoms. The first-order valence-electron chi connectivity index (χ1n) is 11.0. The van der Waals surface area contributed by atoms with Gasteiger partial charge in [0, 0.05) is 35.4 Å². The number of morpholine rings is 1. The fraction of sp³-hybridized carbons (Fsp3) is 0.591. The van der Waals surface area contributed by atoms with Crippen LogP contribution in [0.25, 0.3) is 0 Å². The van der Waals surface area contributed by atoms with Gasteiger partial charge in [0.25, 0.3) is 15.9 Å². The molecule has 2 fully saturated rings. The lowest BCUT2D eigenvalue weighted by molar-refractivity contribution is 0.0731. The Morgan fingerprint density at radius 2 is 1.87 bits per heavy atom. The number of nitrogens with one attached hydrogen (secondary N) is 1. The van der Waals surface area contributed by atoms with Gasteiger partial charge in [-0.2, -0.15) is 4.31 Å². The molecule has 1 amide bonds. The van der Waals surface area contributed by atoms with Crippen molar-refractivity contribution >= 4 is 27.3 Å². The van der Waals surface area contributed by atoms with Crippen molar-refractivity contribution < 1.29 is 17.9 Å². The van der Waals surface area contributed by atoms with Crippen LogP contribution in [0.3, 0.4) is 0 Å². The number of sulfonamides is 1. The largest absolute Gasteiger partial charge is 0.379 e. The first-order valence-corrected chi connectivity index (χ1v) is 13.3. The quantitative estimate of drug-likeness (QED) is 0.707. The molecule has 0 aromatic carbocycles. The number of carbonyl (C=O) groups excluding carboxylic acids is 1. The van der Waals surface area contributed by atoms with Gasteiger partial charge in [-0.05, 0) is 44.9 Å². The molecule has 0 unspecified atom stereocenters. The maximum Gasteiger partial charge on any atom is 0.253 e. The van der Waals surface area contributed by atoms with Crippen LogP contribution < -0.4 is 5.32 Å². The van der Waals surface area contributed by atoms with Gasteiger partial charge in [0.1, 0.15) is 4.21 Å². The number of rotatable bonds is 6. The van der Waals surface area contributed by atoms with Crippen LogP contribution in [0.1, 0.15) is 64.8 Å². The van der Waals surface area contributed by atoms with Crippen molar-refractivity contribution in [2.45, 2.75) is 62.7 Å². The second kappa shape index (κ2) is 9.44. The molecular formula is C22H31N3O4S2. The van der Waals surface area contributed by atoms with Crippen molar-refractivity contribution in [1.82, 2.24) is 14.2 Å². The van der Waals surface area contributed by atoms with Crippen molar-refractivity contribution in [3.05, 3.63) is 40.0 Å². The average molecular weight is 466 g/mol. The van der Waals surface area contributed by atoms with Gasteiger partial charge < -0.3 is 14.6 Å². The summed E-state index contributed by atoms with van der Waals surface area (Å²) in [4.78, 5) is 13.7. The van der Waals surface area contributed by atoms with E-state index in [-0.39, 0.29) is 5.91 Å². The van der Waals surface area contributed by atoms with Crippen molar-refractivity contribution in [3.8, 4) is 0 Å². The van der Waals surface area contributed by atoms with Crippen LogP contribution in [0, 0.1) is 13.8 Å². The predicted molar refractivity (Wildman–Crippen MR) is 121 cm³/mol. The Morgan fingerprint density at radius 3 is 2.58 bits per heavy atom. The van der Waals surface area contributed by atoms with Gasteiger partial charge in [0.2, 0.25) is 0 Å². The van der Waals surface area contributed by atoms with Gasteiger partial charge in [-0.3, -0.25) is 4.79 Å². The van der Waals surface area contributed by atoms with E-state index in [0.717, 1.165) is 16.3 Å². The van der Waals surface area contributed by atoms with Crippen LogP contribution in [-0.2, 0) is 21.3 Å². The summed E-state index contributed by atoms with van der Waals surface area (Å²) in [5.41, 5.74) is 2.86. The smallest absolute Gasteiger partial charge is 0.253 e. The molecule has 1 aliphatic heterocycles. The third-order valence-electron chi connectivity index (χ3n) is 6.29. The van der Waals surface area contributed by atoms with Crippen LogP contribution in [0.2, 0.25) is 0 Å². The summed E-state index contributed by atoms with van der Waals surface area (Å²) >= 11 is 1.22. The summed E-state index contributed by atoms with van der Waals surface area (Å²) in [6, 6.07) is 5.87. The van der Waals surface area contributed by atoms with Crippen molar-refractivity contribution in [3.63, 3.8) is 0 Å². The molecule has 0 atom stereocenters. The van der Waals surface area contributed by atoms with Crippen LogP contribution >= 0.6 is 11.3 Å². The molecule has 1 saturated carbocycles. The molecule has 170 valence electrons. The number of hydrogen-bond donors (Lipinski definition) is 1. The fourth-order valence-corrected chi connectivity index (χ4v) is 7.53. The van der Waals surface area contributed by atoms with Gasteiger partial charge in [-0.1, -0.05) is 19.3 Å². The van der Waals surface area contributed by atoms with E-state index >= 15 is 0 Å². The standard InChI is InChI=1S/C22H31N3O4S2/c1-16-14-20(17(2)25(16)18-6-4-3-5-7-18)22(26)23-15-19-8-9-21(30-19)31(27,28)24-10-12-29-13-11-24/h8-9,14,18H,3-7,10-13,15H2,1-2H3,(H,23,26). The molecule has 2 aliphatic rings. The lowest BCUT2D eigenvalue weighted by atomic mass is 9.95. The first kappa shape index (κ1) is 22.5. The highest BCUT2D eigenvalue weighted by molar-refractivity contribution is 7.91. The molecule has 7 nitrogen and oxygen atoms in total. The summed E-state index contributed by atoms with van der Waals surface area (Å²) in [5.74, 6) is -0.110. The van der Waals surface area contributed by atoms with E-state index in [1.54, 1.807) is 12.1 Å². The number of thiophene rings is 1. The van der Waals surface area contributed by atoms with Gasteiger partial charge in [-0.15, -0.1) is 11.3 Å². The highest BCUT2D eigenvalue weighted by atomic mass is 32.2. The monoisotopic (exact) mass is 465 g/mol. The lowest BCUT2D eigenvalue weighted by Gasteiger charge is -2.26. The molecule has 0 radical (unpaired) electrons. The Kier molecular flexibility index (Phi) is 6.86. The summed E-state index contributed by atoms with van der Waals surface area (Å²) in [7, 11) is -3.50. The van der Waals surface area contributed by atoms with Crippen LogP contribution in [0.15, 0.2) is 22.4 Å². The van der Waals surface area contributed by atoms with Crippen molar-refractivity contribution in [1.29, 1.82) is 0 Å². The molecule has 0 spiro atoms. The Balaban J connectivity index is 1.42. The topological polar surface area (TPSA) is 80.6 Å². The minimum Gasteiger partial charge on any atom is -0.379 e. The highest BCUT2D eigenvalue weighted by Crippen LogP contribution is 2.32. The molecule has 3 heterocycles. The number of nitrogens with zero attached hydrogens (tertiary/aromatic N) is 2. The van der Waals surface area contributed by atoms with Crippen molar-refractivity contribution in [2.75, 3.05) is 26.3 Å². The molecule has 2 aromatic rings. The predicted octanol–water partition coefficient (Wildman–Crippen LogP) is 3.62. The number of ether oxygens (including phenoxy) is 1. The lowest BCUT2D eigenvalue weighted by Crippen LogP contribution is -2.40. The van der Waals surface area contributed by atoms with E-state index in [4.69, 9.17) is 4.74 Å². The van der Waals surface area contributed by atoms with Crippen molar-refractivity contribution in [2.24, 2.45) is 0 Å². The Morgan fingerprint density at radius 1 is 1.16 bits per heavy atom. The number of carbonyl (C=O) groups is 1. The number of aromatic nitrogens is 1. The third-order valence-corrected chi connectivity index (χ3v) is 9.74. The molecule has 2 aromatic heterocycles. The molecule has 4 rings (SSSR count). The number of amides is 1. The SMILES string of the molecule is Cc1cc(C(=O)NCc2ccc(S(=O)(=O)N3CCOCC3)s2)c(C)n1C1CCCCC1. The molecule has 9 heteroatoms. The van der Waals surface area contributed by atoms with E-state index in [1.807, 2.05) is 13.0 Å². The van der Waals surface area contributed by atoms with E-state index in [2.05, 4.69) is 16.8 Å². The van der Waals surface area contributed by atoms with E-state index < -0.39 is 10.0 Å². The van der Waals surface area contributed by atoms with E-state index in [1.165, 1.54) is 47.7 Å². The maximum atomic E-state index is 12.9. The fourth-order valence-electron chi connectivity index (χ4n) is 4.68. The second-order valence-corrected chi connectivity index (χ2v) is 11.7. The molecule has 1 aliphatic carbocycles. The zero-order chi connectivity index (χ0) is 22.0. The third kappa shape index (κ3) is 4.74. The normalized spacial score (nSPS) is 18.9. The Hall–Kier alpha value is -1.68. The summed E-state index contributed by atoms with van der Waals surface area (Å²) in [6.45, 7) is 6.01. The Labute approximate surface area is 188 Å². The summed E-state index contributed by atoms with van der Waals surface area (Å²) < 4.78 is 34.9. The molecule has 31 heavy (non-hydrogen) atoms. The van der Waals surface area contributed by atoms with Gasteiger partial charge in [0.05, 0.1) is 25.3 Å². The Bertz CT molecular complexity index is 1030. The minimum absolute atomic E-state index is 0.110. The average Bonchev–Trinajstić information content (AvgIpc) is 3.38. The summed E-state index contributed by atoms with van der Waals surface area (Å²) in [5, 5.41) is 2.97. The van der Waals surface area contributed by atoms with Crippen LogP contribution in [0.5, 0.6) is 0 Å². The first-order chi connectivity index (χ1) is 14.9. The van der Waals surface area contributed by atoms with Gasteiger partial charge >= 0.3 is 0 Å². The zero-order valence-electron chi connectivity index (χ0n) is 18.2. The van der Waals surface area contributed by atoms with Gasteiger partial charge in [-0.25, -0.2) is 8.42 Å².